The van der Waals surface area contributed by atoms with E-state index in [1.165, 1.54) is 12.8 Å². The van der Waals surface area contributed by atoms with Crippen LogP contribution in [-0.4, -0.2) is 53.8 Å². The van der Waals surface area contributed by atoms with E-state index in [0.29, 0.717) is 17.7 Å². The Morgan fingerprint density at radius 1 is 1.24 bits per heavy atom. The molecular formula is C13H23BrN2O. The fourth-order valence-electron chi connectivity index (χ4n) is 3.06. The number of carbonyl (C=O) groups excluding carboxylic acids is 1. The van der Waals surface area contributed by atoms with E-state index in [0.717, 1.165) is 44.5 Å². The van der Waals surface area contributed by atoms with Gasteiger partial charge in [-0.25, -0.2) is 0 Å². The highest BCUT2D eigenvalue weighted by molar-refractivity contribution is 9.09. The molecule has 0 spiro atoms. The summed E-state index contributed by atoms with van der Waals surface area (Å²) in [6.07, 6.45) is 3.59. The van der Waals surface area contributed by atoms with Crippen LogP contribution in [0.15, 0.2) is 0 Å². The van der Waals surface area contributed by atoms with Gasteiger partial charge in [-0.2, -0.15) is 0 Å². The molecule has 0 aromatic rings. The summed E-state index contributed by atoms with van der Waals surface area (Å²) >= 11 is 3.47. The van der Waals surface area contributed by atoms with Gasteiger partial charge in [0.2, 0.25) is 5.91 Å². The second kappa shape index (κ2) is 6.19. The summed E-state index contributed by atoms with van der Waals surface area (Å²) in [5.74, 6) is 1.34. The van der Waals surface area contributed by atoms with E-state index in [1.54, 1.807) is 0 Å². The first-order valence-electron chi connectivity index (χ1n) is 6.79. The summed E-state index contributed by atoms with van der Waals surface area (Å²) in [6.45, 7) is 7.26. The Morgan fingerprint density at radius 3 is 2.47 bits per heavy atom. The first kappa shape index (κ1) is 13.3. The summed E-state index contributed by atoms with van der Waals surface area (Å²) in [4.78, 5) is 16.9. The maximum absolute atomic E-state index is 12.4. The van der Waals surface area contributed by atoms with Crippen molar-refractivity contribution in [1.82, 2.24) is 9.80 Å². The number of hydrogen-bond acceptors (Lipinski definition) is 2. The Morgan fingerprint density at radius 2 is 1.94 bits per heavy atom. The minimum atomic E-state index is 0.317. The Bertz CT molecular complexity index is 264. The normalized spacial score (nSPS) is 30.8. The van der Waals surface area contributed by atoms with E-state index >= 15 is 0 Å². The molecule has 17 heavy (non-hydrogen) atoms. The molecule has 98 valence electrons. The maximum Gasteiger partial charge on any atom is 0.226 e. The fraction of sp³-hybridized carbons (Fsp3) is 0.923. The molecule has 1 saturated carbocycles. The van der Waals surface area contributed by atoms with Crippen molar-refractivity contribution in [3.05, 3.63) is 0 Å². The molecule has 2 aliphatic rings. The van der Waals surface area contributed by atoms with Gasteiger partial charge in [0.15, 0.2) is 0 Å². The Labute approximate surface area is 113 Å². The van der Waals surface area contributed by atoms with Gasteiger partial charge in [-0.05, 0) is 18.8 Å². The lowest BCUT2D eigenvalue weighted by Crippen LogP contribution is -2.50. The highest BCUT2D eigenvalue weighted by atomic mass is 79.9. The van der Waals surface area contributed by atoms with Crippen molar-refractivity contribution in [2.45, 2.75) is 26.2 Å². The van der Waals surface area contributed by atoms with Crippen LogP contribution in [0, 0.1) is 11.8 Å². The second-order valence-electron chi connectivity index (χ2n) is 5.37. The first-order valence-corrected chi connectivity index (χ1v) is 7.91. The van der Waals surface area contributed by atoms with Crippen molar-refractivity contribution in [3.63, 3.8) is 0 Å². The lowest BCUT2D eigenvalue weighted by Gasteiger charge is -2.36. The molecule has 1 amide bonds. The molecule has 1 heterocycles. The molecule has 1 aliphatic heterocycles. The minimum absolute atomic E-state index is 0.317. The number of nitrogens with zero attached hydrogens (tertiary/aromatic N) is 2. The third-order valence-electron chi connectivity index (χ3n) is 4.26. The number of alkyl halides is 1. The molecule has 1 aliphatic carbocycles. The van der Waals surface area contributed by atoms with Crippen LogP contribution in [0.4, 0.5) is 0 Å². The maximum atomic E-state index is 12.4. The zero-order valence-corrected chi connectivity index (χ0v) is 12.3. The summed E-state index contributed by atoms with van der Waals surface area (Å²) < 4.78 is 0. The van der Waals surface area contributed by atoms with Crippen LogP contribution < -0.4 is 0 Å². The molecule has 2 atom stereocenters. The monoisotopic (exact) mass is 302 g/mol. The number of rotatable bonds is 3. The molecule has 0 aromatic heterocycles. The molecule has 4 heteroatoms. The first-order chi connectivity index (χ1) is 8.22. The van der Waals surface area contributed by atoms with E-state index in [1.807, 2.05) is 0 Å². The lowest BCUT2D eigenvalue weighted by atomic mass is 9.96. The third kappa shape index (κ3) is 3.22. The van der Waals surface area contributed by atoms with Gasteiger partial charge in [-0.15, -0.1) is 0 Å². The molecule has 0 aromatic carbocycles. The van der Waals surface area contributed by atoms with Gasteiger partial charge >= 0.3 is 0 Å². The van der Waals surface area contributed by atoms with Crippen molar-refractivity contribution in [2.24, 2.45) is 11.8 Å². The molecule has 2 fully saturated rings. The smallest absolute Gasteiger partial charge is 0.226 e. The van der Waals surface area contributed by atoms with Crippen LogP contribution in [0.25, 0.3) is 0 Å². The zero-order valence-electron chi connectivity index (χ0n) is 10.7. The van der Waals surface area contributed by atoms with Crippen molar-refractivity contribution in [2.75, 3.05) is 38.1 Å². The van der Waals surface area contributed by atoms with E-state index in [-0.39, 0.29) is 0 Å². The quantitative estimate of drug-likeness (QED) is 0.744. The molecule has 0 bridgehead atoms. The Hall–Kier alpha value is -0.0900. The molecule has 1 saturated heterocycles. The predicted molar refractivity (Wildman–Crippen MR) is 73.3 cm³/mol. The summed E-state index contributed by atoms with van der Waals surface area (Å²) in [7, 11) is 0. The van der Waals surface area contributed by atoms with Crippen molar-refractivity contribution < 1.29 is 4.79 Å². The number of carbonyl (C=O) groups is 1. The molecule has 2 rings (SSSR count). The average Bonchev–Trinajstić information content (AvgIpc) is 2.76. The highest BCUT2D eigenvalue weighted by Gasteiger charge is 2.33. The van der Waals surface area contributed by atoms with Gasteiger partial charge in [0.05, 0.1) is 0 Å². The number of amides is 1. The molecule has 3 nitrogen and oxygen atoms in total. The van der Waals surface area contributed by atoms with E-state index in [4.69, 9.17) is 0 Å². The molecular weight excluding hydrogens is 280 g/mol. The number of piperazine rings is 1. The summed E-state index contributed by atoms with van der Waals surface area (Å²) in [5.41, 5.74) is 0. The Kier molecular flexibility index (Phi) is 4.86. The van der Waals surface area contributed by atoms with Gasteiger partial charge in [0, 0.05) is 44.0 Å². The standard InChI is InChI=1S/C13H23BrN2O/c1-11-3-2-4-12(11)13(17)16-9-7-15(6-5-14)8-10-16/h11-12H,2-10H2,1H3. The second-order valence-corrected chi connectivity index (χ2v) is 6.16. The van der Waals surface area contributed by atoms with Gasteiger partial charge in [-0.1, -0.05) is 29.3 Å². The Balaban J connectivity index is 1.82. The van der Waals surface area contributed by atoms with E-state index in [9.17, 15) is 4.79 Å². The fourth-order valence-corrected chi connectivity index (χ4v) is 3.56. The largest absolute Gasteiger partial charge is 0.340 e. The van der Waals surface area contributed by atoms with Crippen molar-refractivity contribution in [3.8, 4) is 0 Å². The van der Waals surface area contributed by atoms with E-state index < -0.39 is 0 Å². The average molecular weight is 303 g/mol. The van der Waals surface area contributed by atoms with Gasteiger partial charge in [0.1, 0.15) is 0 Å². The van der Waals surface area contributed by atoms with Crippen LogP contribution in [0.3, 0.4) is 0 Å². The summed E-state index contributed by atoms with van der Waals surface area (Å²) in [5, 5.41) is 1.03. The van der Waals surface area contributed by atoms with Crippen molar-refractivity contribution in [1.29, 1.82) is 0 Å². The van der Waals surface area contributed by atoms with Crippen LogP contribution in [0.5, 0.6) is 0 Å². The topological polar surface area (TPSA) is 23.6 Å². The van der Waals surface area contributed by atoms with E-state index in [2.05, 4.69) is 32.7 Å². The van der Waals surface area contributed by atoms with Crippen molar-refractivity contribution >= 4 is 21.8 Å². The molecule has 2 unspecified atom stereocenters. The third-order valence-corrected chi connectivity index (χ3v) is 4.62. The van der Waals surface area contributed by atoms with Gasteiger partial charge < -0.3 is 4.90 Å². The minimum Gasteiger partial charge on any atom is -0.340 e. The number of hydrogen-bond donors (Lipinski definition) is 0. The van der Waals surface area contributed by atoms with Crippen LogP contribution in [0.2, 0.25) is 0 Å². The SMILES string of the molecule is CC1CCCC1C(=O)N1CCN(CCBr)CC1. The predicted octanol–water partition coefficient (Wildman–Crippen LogP) is 1.96. The van der Waals surface area contributed by atoms with Gasteiger partial charge in [0.25, 0.3) is 0 Å². The number of halogens is 1. The van der Waals surface area contributed by atoms with Crippen LogP contribution in [-0.2, 0) is 4.79 Å². The van der Waals surface area contributed by atoms with Crippen LogP contribution >= 0.6 is 15.9 Å². The zero-order chi connectivity index (χ0) is 12.3. The van der Waals surface area contributed by atoms with Gasteiger partial charge in [-0.3, -0.25) is 9.69 Å². The lowest BCUT2D eigenvalue weighted by molar-refractivity contribution is -0.138. The van der Waals surface area contributed by atoms with Crippen LogP contribution in [0.1, 0.15) is 26.2 Å². The molecule has 0 N–H and O–H groups in total. The highest BCUT2D eigenvalue weighted by Crippen LogP contribution is 2.32. The summed E-state index contributed by atoms with van der Waals surface area (Å²) in [6, 6.07) is 0. The molecule has 0 radical (unpaired) electrons.